The van der Waals surface area contributed by atoms with E-state index in [1.165, 1.54) is 6.42 Å². The molecular weight excluding hydrogens is 544 g/mol. The van der Waals surface area contributed by atoms with Gasteiger partial charge in [-0.2, -0.15) is 5.06 Å². The number of carbonyl (C=O) groups excluding carboxylic acids is 2. The van der Waals surface area contributed by atoms with E-state index in [-0.39, 0.29) is 30.9 Å². The first-order valence-corrected chi connectivity index (χ1v) is 15.5. The van der Waals surface area contributed by atoms with Crippen molar-refractivity contribution < 1.29 is 24.3 Å². The zero-order valence-corrected chi connectivity index (χ0v) is 26.5. The first-order chi connectivity index (χ1) is 20.4. The number of nitrogens with two attached hydrogens (primary N) is 1. The fraction of sp³-hybridized carbons (Fsp3) is 0.588. The number of hydrogen-bond acceptors (Lipinski definition) is 7. The number of aliphatic hydroxyl groups is 1. The number of nitrogens with zero attached hydrogens (tertiary/aromatic N) is 1. The highest BCUT2D eigenvalue weighted by Crippen LogP contribution is 2.61. The van der Waals surface area contributed by atoms with Gasteiger partial charge < -0.3 is 26.2 Å². The van der Waals surface area contributed by atoms with E-state index in [2.05, 4.69) is 31.4 Å². The van der Waals surface area contributed by atoms with Gasteiger partial charge in [0.05, 0.1) is 25.9 Å². The van der Waals surface area contributed by atoms with Crippen LogP contribution >= 0.6 is 0 Å². The van der Waals surface area contributed by atoms with Crippen LogP contribution in [0.1, 0.15) is 62.0 Å². The van der Waals surface area contributed by atoms with Gasteiger partial charge in [-0.3, -0.25) is 14.4 Å². The van der Waals surface area contributed by atoms with E-state index in [0.717, 1.165) is 28.7 Å². The predicted molar refractivity (Wildman–Crippen MR) is 166 cm³/mol. The van der Waals surface area contributed by atoms with Crippen molar-refractivity contribution >= 4 is 11.8 Å². The molecule has 1 aliphatic heterocycles. The molecule has 8 atom stereocenters. The van der Waals surface area contributed by atoms with Crippen molar-refractivity contribution in [2.75, 3.05) is 20.7 Å². The molecule has 1 heterocycles. The molecule has 3 saturated carbocycles. The quantitative estimate of drug-likeness (QED) is 0.350. The maximum Gasteiger partial charge on any atom is 0.251 e. The third-order valence-electron chi connectivity index (χ3n) is 10.6. The minimum atomic E-state index is -0.797. The van der Waals surface area contributed by atoms with E-state index in [4.69, 9.17) is 15.3 Å². The van der Waals surface area contributed by atoms with E-state index in [1.807, 2.05) is 43.3 Å². The number of benzene rings is 2. The van der Waals surface area contributed by atoms with Crippen LogP contribution in [0.15, 0.2) is 36.4 Å². The molecule has 9 heteroatoms. The van der Waals surface area contributed by atoms with E-state index in [1.54, 1.807) is 26.1 Å². The highest BCUT2D eigenvalue weighted by Gasteiger charge is 2.57. The minimum Gasteiger partial charge on any atom is -0.496 e. The van der Waals surface area contributed by atoms with Crippen molar-refractivity contribution in [1.29, 1.82) is 0 Å². The Bertz CT molecular complexity index is 1360. The summed E-state index contributed by atoms with van der Waals surface area (Å²) < 4.78 is 5.95. The molecule has 0 spiro atoms. The number of amides is 2. The summed E-state index contributed by atoms with van der Waals surface area (Å²) in [5.74, 6) is 1.42. The molecule has 4 fully saturated rings. The molecule has 1 saturated heterocycles. The zero-order chi connectivity index (χ0) is 31.2. The van der Waals surface area contributed by atoms with Crippen LogP contribution in [-0.2, 0) is 16.2 Å². The Hall–Kier alpha value is -2.98. The smallest absolute Gasteiger partial charge is 0.251 e. The molecule has 4 aliphatic rings. The van der Waals surface area contributed by atoms with E-state index < -0.39 is 24.2 Å². The zero-order valence-electron chi connectivity index (χ0n) is 26.5. The summed E-state index contributed by atoms with van der Waals surface area (Å²) in [5.41, 5.74) is 10.4. The molecule has 43 heavy (non-hydrogen) atoms. The number of rotatable bonds is 9. The lowest BCUT2D eigenvalue weighted by Gasteiger charge is -2.62. The number of para-hydroxylation sites is 1. The monoisotopic (exact) mass is 592 g/mol. The highest BCUT2D eigenvalue weighted by molar-refractivity contribution is 5.95. The SMILES string of the molecule is CNC(=O)c1cc(C)cc(-c2cccc(CN3O[C@@H](CN)[C@H]([C@H](C)O)C3C(=O)NC3C[C@H]4C[C@@H]([C@@H]3C)C4(C)C)c2OC)c1. The van der Waals surface area contributed by atoms with Crippen LogP contribution in [0.5, 0.6) is 5.75 Å². The summed E-state index contributed by atoms with van der Waals surface area (Å²) in [6.07, 6.45) is 0.891. The number of aryl methyl sites for hydroxylation is 1. The summed E-state index contributed by atoms with van der Waals surface area (Å²) in [5, 5.41) is 18.6. The third kappa shape index (κ3) is 5.68. The lowest BCUT2D eigenvalue weighted by atomic mass is 9.45. The fourth-order valence-electron chi connectivity index (χ4n) is 8.09. The van der Waals surface area contributed by atoms with Gasteiger partial charge in [0.1, 0.15) is 11.8 Å². The van der Waals surface area contributed by atoms with Gasteiger partial charge in [-0.05, 0) is 73.1 Å². The number of methoxy groups -OCH3 is 1. The van der Waals surface area contributed by atoms with E-state index in [0.29, 0.717) is 34.5 Å². The van der Waals surface area contributed by atoms with Crippen molar-refractivity contribution in [3.05, 3.63) is 53.1 Å². The second-order valence-electron chi connectivity index (χ2n) is 13.5. The first kappa shape index (κ1) is 31.4. The molecule has 2 aromatic rings. The molecule has 5 N–H and O–H groups in total. The lowest BCUT2D eigenvalue weighted by Crippen LogP contribution is -2.62. The van der Waals surface area contributed by atoms with Crippen molar-refractivity contribution in [3.63, 3.8) is 0 Å². The minimum absolute atomic E-state index is 0.0893. The summed E-state index contributed by atoms with van der Waals surface area (Å²) in [7, 11) is 3.23. The molecule has 2 aromatic carbocycles. The maximum atomic E-state index is 14.1. The van der Waals surface area contributed by atoms with Crippen molar-refractivity contribution in [2.24, 2.45) is 34.8 Å². The molecule has 0 radical (unpaired) electrons. The number of nitrogens with one attached hydrogen (secondary N) is 2. The van der Waals surface area contributed by atoms with Crippen molar-refractivity contribution in [2.45, 2.75) is 78.3 Å². The van der Waals surface area contributed by atoms with E-state index in [9.17, 15) is 14.7 Å². The Labute approximate surface area is 255 Å². The van der Waals surface area contributed by atoms with E-state index >= 15 is 0 Å². The van der Waals surface area contributed by atoms with Gasteiger partial charge in [-0.25, -0.2) is 0 Å². The van der Waals surface area contributed by atoms with Gasteiger partial charge in [0.2, 0.25) is 5.91 Å². The molecule has 3 aliphatic carbocycles. The molecule has 234 valence electrons. The number of hydroxylamine groups is 2. The first-order valence-electron chi connectivity index (χ1n) is 15.5. The topological polar surface area (TPSA) is 126 Å². The average molecular weight is 593 g/mol. The number of hydrogen-bond donors (Lipinski definition) is 4. The number of fused-ring (bicyclic) bond motifs is 2. The molecule has 2 amide bonds. The Morgan fingerprint density at radius 2 is 1.98 bits per heavy atom. The van der Waals surface area contributed by atoms with Crippen LogP contribution in [0.25, 0.3) is 11.1 Å². The molecule has 2 bridgehead atoms. The van der Waals surface area contributed by atoms with Gasteiger partial charge >= 0.3 is 0 Å². The second kappa shape index (κ2) is 12.2. The van der Waals surface area contributed by atoms with Gasteiger partial charge in [0.25, 0.3) is 5.91 Å². The molecule has 0 aromatic heterocycles. The largest absolute Gasteiger partial charge is 0.496 e. The van der Waals surface area contributed by atoms with Crippen molar-refractivity contribution in [3.8, 4) is 16.9 Å². The average Bonchev–Trinajstić information content (AvgIpc) is 3.35. The molecule has 6 rings (SSSR count). The van der Waals surface area contributed by atoms with Crippen LogP contribution in [0.3, 0.4) is 0 Å². The fourth-order valence-corrected chi connectivity index (χ4v) is 8.09. The van der Waals surface area contributed by atoms with Crippen LogP contribution in [-0.4, -0.2) is 67.0 Å². The summed E-state index contributed by atoms with van der Waals surface area (Å²) >= 11 is 0. The summed E-state index contributed by atoms with van der Waals surface area (Å²) in [6.45, 7) is 11.0. The Balaban J connectivity index is 1.44. The Morgan fingerprint density at radius 3 is 2.58 bits per heavy atom. The van der Waals surface area contributed by atoms with Crippen LogP contribution < -0.4 is 21.1 Å². The van der Waals surface area contributed by atoms with Gasteiger partial charge in [0.15, 0.2) is 0 Å². The van der Waals surface area contributed by atoms with Crippen LogP contribution in [0.4, 0.5) is 0 Å². The normalized spacial score (nSPS) is 30.3. The number of ether oxygens (including phenoxy) is 1. The van der Waals surface area contributed by atoms with Gasteiger partial charge in [0, 0.05) is 42.2 Å². The Kier molecular flexibility index (Phi) is 8.91. The third-order valence-corrected chi connectivity index (χ3v) is 10.6. The molecule has 9 nitrogen and oxygen atoms in total. The number of aliphatic hydroxyl groups excluding tert-OH is 1. The molecule has 2 unspecified atom stereocenters. The van der Waals surface area contributed by atoms with Crippen molar-refractivity contribution in [1.82, 2.24) is 15.7 Å². The molecular formula is C34H48N4O5. The number of carbonyl (C=O) groups is 2. The van der Waals surface area contributed by atoms with Crippen LogP contribution in [0.2, 0.25) is 0 Å². The van der Waals surface area contributed by atoms with Gasteiger partial charge in [-0.15, -0.1) is 0 Å². The Morgan fingerprint density at radius 1 is 1.23 bits per heavy atom. The second-order valence-corrected chi connectivity index (χ2v) is 13.5. The highest BCUT2D eigenvalue weighted by atomic mass is 16.7. The summed E-state index contributed by atoms with van der Waals surface area (Å²) in [4.78, 5) is 32.8. The maximum absolute atomic E-state index is 14.1. The summed E-state index contributed by atoms with van der Waals surface area (Å²) in [6, 6.07) is 10.9. The standard InChI is InChI=1S/C34H48N4O5/c1-18-11-22(13-23(12-18)32(40)36-6)25-10-8-9-21(31(25)42-7)17-38-30(29(20(3)39)28(16-35)43-38)33(41)37-27-15-24-14-26(19(27)2)34(24,4)5/h8-13,19-20,24,26-30,39H,14-17,35H2,1-7H3,(H,36,40)(H,37,41)/t19-,20-,24+,26-,27?,28-,29-,30?/m0/s1. The lowest BCUT2D eigenvalue weighted by molar-refractivity contribution is -0.175. The van der Waals surface area contributed by atoms with Crippen LogP contribution in [0, 0.1) is 36.0 Å². The van der Waals surface area contributed by atoms with Gasteiger partial charge in [-0.1, -0.05) is 45.0 Å². The predicted octanol–water partition coefficient (Wildman–Crippen LogP) is 3.66.